The largest absolute Gasteiger partial charge is 0.375 e. The molecule has 1 saturated heterocycles. The number of hydrogen-bond acceptors (Lipinski definition) is 5. The molecule has 2 aromatic rings. The SMILES string of the molecule is CC1CCC(CCC(=O)Nc2ccc(-c3n[nH]c(CN)n3)cc2)O1.Cl. The lowest BCUT2D eigenvalue weighted by atomic mass is 10.1. The van der Waals surface area contributed by atoms with Gasteiger partial charge in [-0.3, -0.25) is 9.89 Å². The summed E-state index contributed by atoms with van der Waals surface area (Å²) in [5.41, 5.74) is 7.15. The molecule has 8 heteroatoms. The predicted octanol–water partition coefficient (Wildman–Crippen LogP) is 2.64. The van der Waals surface area contributed by atoms with Gasteiger partial charge in [0.25, 0.3) is 0 Å². The van der Waals surface area contributed by atoms with Gasteiger partial charge in [-0.25, -0.2) is 4.98 Å². The molecular formula is C17H24ClN5O2. The van der Waals surface area contributed by atoms with E-state index in [1.165, 1.54) is 0 Å². The monoisotopic (exact) mass is 365 g/mol. The number of rotatable bonds is 6. The average molecular weight is 366 g/mol. The predicted molar refractivity (Wildman–Crippen MR) is 98.4 cm³/mol. The van der Waals surface area contributed by atoms with E-state index in [0.717, 1.165) is 30.5 Å². The summed E-state index contributed by atoms with van der Waals surface area (Å²) in [5, 5.41) is 9.80. The van der Waals surface area contributed by atoms with E-state index in [1.807, 2.05) is 24.3 Å². The third-order valence-electron chi connectivity index (χ3n) is 4.17. The first-order valence-corrected chi connectivity index (χ1v) is 8.31. The Morgan fingerprint density at radius 1 is 1.36 bits per heavy atom. The van der Waals surface area contributed by atoms with Crippen molar-refractivity contribution < 1.29 is 9.53 Å². The fourth-order valence-electron chi connectivity index (χ4n) is 2.83. The highest BCUT2D eigenvalue weighted by Crippen LogP contribution is 2.23. The van der Waals surface area contributed by atoms with E-state index < -0.39 is 0 Å². The lowest BCUT2D eigenvalue weighted by Crippen LogP contribution is -2.15. The molecule has 1 aromatic heterocycles. The van der Waals surface area contributed by atoms with Crippen molar-refractivity contribution in [2.75, 3.05) is 5.32 Å². The number of nitrogens with one attached hydrogen (secondary N) is 2. The normalized spacial score (nSPS) is 19.4. The molecule has 136 valence electrons. The molecule has 2 unspecified atom stereocenters. The van der Waals surface area contributed by atoms with Gasteiger partial charge in [0.05, 0.1) is 18.8 Å². The number of benzene rings is 1. The van der Waals surface area contributed by atoms with Gasteiger partial charge in [0.1, 0.15) is 5.82 Å². The fraction of sp³-hybridized carbons (Fsp3) is 0.471. The number of H-pyrrole nitrogens is 1. The second kappa shape index (κ2) is 8.94. The molecule has 0 spiro atoms. The molecule has 0 radical (unpaired) electrons. The smallest absolute Gasteiger partial charge is 0.224 e. The first-order valence-electron chi connectivity index (χ1n) is 8.31. The first-order chi connectivity index (χ1) is 11.6. The molecule has 1 fully saturated rings. The highest BCUT2D eigenvalue weighted by molar-refractivity contribution is 5.90. The quantitative estimate of drug-likeness (QED) is 0.729. The van der Waals surface area contributed by atoms with Crippen molar-refractivity contribution in [1.82, 2.24) is 15.2 Å². The number of nitrogens with two attached hydrogens (primary N) is 1. The summed E-state index contributed by atoms with van der Waals surface area (Å²) in [6, 6.07) is 7.45. The third-order valence-corrected chi connectivity index (χ3v) is 4.17. The van der Waals surface area contributed by atoms with Gasteiger partial charge >= 0.3 is 0 Å². The highest BCUT2D eigenvalue weighted by atomic mass is 35.5. The van der Waals surface area contributed by atoms with Crippen molar-refractivity contribution in [1.29, 1.82) is 0 Å². The number of ether oxygens (including phenoxy) is 1. The van der Waals surface area contributed by atoms with Crippen molar-refractivity contribution in [2.24, 2.45) is 5.73 Å². The van der Waals surface area contributed by atoms with Crippen LogP contribution in [-0.4, -0.2) is 33.3 Å². The summed E-state index contributed by atoms with van der Waals surface area (Å²) in [7, 11) is 0. The molecule has 0 aliphatic carbocycles. The van der Waals surface area contributed by atoms with E-state index in [2.05, 4.69) is 27.4 Å². The number of nitrogens with zero attached hydrogens (tertiary/aromatic N) is 2. The lowest BCUT2D eigenvalue weighted by molar-refractivity contribution is -0.116. The number of anilines is 1. The Morgan fingerprint density at radius 2 is 2.12 bits per heavy atom. The molecule has 1 amide bonds. The molecule has 2 atom stereocenters. The number of hydrogen-bond donors (Lipinski definition) is 3. The fourth-order valence-corrected chi connectivity index (χ4v) is 2.83. The Bertz CT molecular complexity index is 689. The van der Waals surface area contributed by atoms with Crippen LogP contribution in [0.5, 0.6) is 0 Å². The van der Waals surface area contributed by atoms with Crippen LogP contribution in [0, 0.1) is 0 Å². The van der Waals surface area contributed by atoms with Crippen molar-refractivity contribution in [2.45, 2.75) is 51.4 Å². The number of amides is 1. The Hall–Kier alpha value is -1.96. The molecular weight excluding hydrogens is 342 g/mol. The number of carbonyl (C=O) groups is 1. The maximum atomic E-state index is 12.0. The van der Waals surface area contributed by atoms with Gasteiger partial charge in [-0.2, -0.15) is 5.10 Å². The van der Waals surface area contributed by atoms with E-state index in [-0.39, 0.29) is 24.4 Å². The molecule has 0 saturated carbocycles. The molecule has 1 aliphatic rings. The van der Waals surface area contributed by atoms with Gasteiger partial charge in [-0.1, -0.05) is 0 Å². The zero-order chi connectivity index (χ0) is 16.9. The van der Waals surface area contributed by atoms with Crippen LogP contribution in [-0.2, 0) is 16.1 Å². The van der Waals surface area contributed by atoms with Gasteiger partial charge < -0.3 is 15.8 Å². The zero-order valence-corrected chi connectivity index (χ0v) is 15.0. The molecule has 1 aliphatic heterocycles. The summed E-state index contributed by atoms with van der Waals surface area (Å²) in [6.07, 6.45) is 3.91. The Morgan fingerprint density at radius 3 is 2.72 bits per heavy atom. The van der Waals surface area contributed by atoms with Crippen molar-refractivity contribution in [3.8, 4) is 11.4 Å². The summed E-state index contributed by atoms with van der Waals surface area (Å²) >= 11 is 0. The first kappa shape index (κ1) is 19.4. The highest BCUT2D eigenvalue weighted by Gasteiger charge is 2.22. The van der Waals surface area contributed by atoms with Crippen molar-refractivity contribution in [3.05, 3.63) is 30.1 Å². The topological polar surface area (TPSA) is 106 Å². The lowest BCUT2D eigenvalue weighted by Gasteiger charge is -2.11. The van der Waals surface area contributed by atoms with Crippen LogP contribution < -0.4 is 11.1 Å². The Balaban J connectivity index is 0.00000225. The minimum atomic E-state index is 0. The standard InChI is InChI=1S/C17H23N5O2.ClH/c1-11-2-7-14(24-11)8-9-16(23)19-13-5-3-12(4-6-13)17-20-15(10-18)21-22-17;/h3-6,11,14H,2,7-10,18H2,1H3,(H,19,23)(H,20,21,22);1H. The molecule has 25 heavy (non-hydrogen) atoms. The van der Waals surface area contributed by atoms with E-state index in [4.69, 9.17) is 10.5 Å². The summed E-state index contributed by atoms with van der Waals surface area (Å²) < 4.78 is 5.73. The molecule has 4 N–H and O–H groups in total. The van der Waals surface area contributed by atoms with E-state index >= 15 is 0 Å². The number of halogens is 1. The van der Waals surface area contributed by atoms with E-state index in [0.29, 0.717) is 30.7 Å². The van der Waals surface area contributed by atoms with Crippen molar-refractivity contribution >= 4 is 24.0 Å². The maximum absolute atomic E-state index is 12.0. The Labute approximate surface area is 153 Å². The van der Waals surface area contributed by atoms with Crippen LogP contribution >= 0.6 is 12.4 Å². The third kappa shape index (κ3) is 5.26. The summed E-state index contributed by atoms with van der Waals surface area (Å²) in [6.45, 7) is 2.40. The number of carbonyl (C=O) groups excluding carboxylic acids is 1. The number of aromatic amines is 1. The minimum Gasteiger partial charge on any atom is -0.375 e. The van der Waals surface area contributed by atoms with Crippen molar-refractivity contribution in [3.63, 3.8) is 0 Å². The molecule has 0 bridgehead atoms. The minimum absolute atomic E-state index is 0. The van der Waals surface area contributed by atoms with Crippen LogP contribution in [0.15, 0.2) is 24.3 Å². The van der Waals surface area contributed by atoms with Crippen LogP contribution in [0.4, 0.5) is 5.69 Å². The second-order valence-electron chi connectivity index (χ2n) is 6.12. The van der Waals surface area contributed by atoms with Gasteiger partial charge in [0, 0.05) is 17.7 Å². The molecule has 7 nitrogen and oxygen atoms in total. The summed E-state index contributed by atoms with van der Waals surface area (Å²) in [4.78, 5) is 16.3. The summed E-state index contributed by atoms with van der Waals surface area (Å²) in [5.74, 6) is 1.25. The zero-order valence-electron chi connectivity index (χ0n) is 14.2. The van der Waals surface area contributed by atoms with Crippen LogP contribution in [0.25, 0.3) is 11.4 Å². The van der Waals surface area contributed by atoms with Gasteiger partial charge in [-0.15, -0.1) is 12.4 Å². The van der Waals surface area contributed by atoms with Crippen LogP contribution in [0.3, 0.4) is 0 Å². The number of aromatic nitrogens is 3. The second-order valence-corrected chi connectivity index (χ2v) is 6.12. The van der Waals surface area contributed by atoms with Gasteiger partial charge in [-0.05, 0) is 50.5 Å². The van der Waals surface area contributed by atoms with E-state index in [1.54, 1.807) is 0 Å². The maximum Gasteiger partial charge on any atom is 0.224 e. The van der Waals surface area contributed by atoms with Gasteiger partial charge in [0.15, 0.2) is 5.82 Å². The molecule has 3 rings (SSSR count). The Kier molecular flexibility index (Phi) is 6.92. The average Bonchev–Trinajstić information content (AvgIpc) is 3.22. The van der Waals surface area contributed by atoms with E-state index in [9.17, 15) is 4.79 Å². The van der Waals surface area contributed by atoms with Crippen LogP contribution in [0.2, 0.25) is 0 Å². The molecule has 1 aromatic carbocycles. The van der Waals surface area contributed by atoms with Gasteiger partial charge in [0.2, 0.25) is 5.91 Å². The van der Waals surface area contributed by atoms with Crippen LogP contribution in [0.1, 0.15) is 38.4 Å². The molecule has 2 heterocycles.